The Labute approximate surface area is 183 Å². The summed E-state index contributed by atoms with van der Waals surface area (Å²) < 4.78 is 12.3. The molecule has 0 bridgehead atoms. The molecule has 0 radical (unpaired) electrons. The van der Waals surface area contributed by atoms with Gasteiger partial charge in [-0.25, -0.2) is 0 Å². The van der Waals surface area contributed by atoms with Crippen LogP contribution in [0.5, 0.6) is 11.5 Å². The molecule has 2 aromatic rings. The highest BCUT2D eigenvalue weighted by Crippen LogP contribution is 2.40. The van der Waals surface area contributed by atoms with Gasteiger partial charge in [0.25, 0.3) is 5.91 Å². The SMILES string of the molecule is CCOc1cc(/C=C2/SC(=S)N(c3ccc(C)c(C)c3)C2=O)cc(Br)c1OC. The second-order valence-corrected chi connectivity index (χ2v) is 8.78. The number of rotatable bonds is 5. The minimum absolute atomic E-state index is 0.122. The molecule has 1 aliphatic rings. The van der Waals surface area contributed by atoms with E-state index in [4.69, 9.17) is 21.7 Å². The summed E-state index contributed by atoms with van der Waals surface area (Å²) >= 11 is 10.3. The zero-order valence-electron chi connectivity index (χ0n) is 16.0. The van der Waals surface area contributed by atoms with Crippen molar-refractivity contribution in [2.75, 3.05) is 18.6 Å². The van der Waals surface area contributed by atoms with Crippen LogP contribution in [-0.4, -0.2) is 23.9 Å². The van der Waals surface area contributed by atoms with E-state index in [1.165, 1.54) is 17.3 Å². The first-order valence-electron chi connectivity index (χ1n) is 8.71. The van der Waals surface area contributed by atoms with Crippen LogP contribution < -0.4 is 14.4 Å². The number of aryl methyl sites for hydroxylation is 2. The maximum absolute atomic E-state index is 13.0. The van der Waals surface area contributed by atoms with Gasteiger partial charge in [-0.1, -0.05) is 30.0 Å². The van der Waals surface area contributed by atoms with E-state index in [2.05, 4.69) is 15.9 Å². The van der Waals surface area contributed by atoms with E-state index in [-0.39, 0.29) is 5.91 Å². The molecule has 0 spiro atoms. The van der Waals surface area contributed by atoms with Crippen molar-refractivity contribution in [2.45, 2.75) is 20.8 Å². The fraction of sp³-hybridized carbons (Fsp3) is 0.238. The molecule has 3 rings (SSSR count). The van der Waals surface area contributed by atoms with Gasteiger partial charge in [0.05, 0.1) is 28.8 Å². The molecule has 1 fully saturated rings. The van der Waals surface area contributed by atoms with E-state index >= 15 is 0 Å². The molecule has 146 valence electrons. The number of hydrogen-bond acceptors (Lipinski definition) is 5. The number of benzene rings is 2. The summed E-state index contributed by atoms with van der Waals surface area (Å²) in [6.07, 6.45) is 1.83. The Bertz CT molecular complexity index is 988. The summed E-state index contributed by atoms with van der Waals surface area (Å²) in [5.41, 5.74) is 3.92. The number of anilines is 1. The molecule has 0 unspecified atom stereocenters. The minimum Gasteiger partial charge on any atom is -0.492 e. The van der Waals surface area contributed by atoms with E-state index in [0.717, 1.165) is 21.3 Å². The smallest absolute Gasteiger partial charge is 0.270 e. The van der Waals surface area contributed by atoms with Gasteiger partial charge in [-0.3, -0.25) is 9.69 Å². The maximum Gasteiger partial charge on any atom is 0.270 e. The highest BCUT2D eigenvalue weighted by Gasteiger charge is 2.33. The fourth-order valence-electron chi connectivity index (χ4n) is 2.84. The van der Waals surface area contributed by atoms with Crippen LogP contribution in [0.3, 0.4) is 0 Å². The van der Waals surface area contributed by atoms with Crippen LogP contribution in [-0.2, 0) is 4.79 Å². The van der Waals surface area contributed by atoms with E-state index < -0.39 is 0 Å². The second kappa shape index (κ2) is 8.68. The number of amides is 1. The van der Waals surface area contributed by atoms with Gasteiger partial charge >= 0.3 is 0 Å². The Morgan fingerprint density at radius 1 is 1.21 bits per heavy atom. The number of halogens is 1. The quantitative estimate of drug-likeness (QED) is 0.397. The molecular formula is C21H20BrNO3S2. The zero-order valence-corrected chi connectivity index (χ0v) is 19.3. The number of carbonyl (C=O) groups is 1. The van der Waals surface area contributed by atoms with Gasteiger partial charge in [0.1, 0.15) is 0 Å². The summed E-state index contributed by atoms with van der Waals surface area (Å²) in [5, 5.41) is 0. The largest absolute Gasteiger partial charge is 0.492 e. The second-order valence-electron chi connectivity index (χ2n) is 6.25. The van der Waals surface area contributed by atoms with E-state index in [9.17, 15) is 4.79 Å². The van der Waals surface area contributed by atoms with Gasteiger partial charge in [-0.15, -0.1) is 0 Å². The highest BCUT2D eigenvalue weighted by atomic mass is 79.9. The Kier molecular flexibility index (Phi) is 6.47. The van der Waals surface area contributed by atoms with Crippen LogP contribution >= 0.6 is 39.9 Å². The maximum atomic E-state index is 13.0. The number of methoxy groups -OCH3 is 1. The number of thioether (sulfide) groups is 1. The van der Waals surface area contributed by atoms with Gasteiger partial charge in [-0.05, 0) is 83.7 Å². The van der Waals surface area contributed by atoms with Crippen LogP contribution in [0.2, 0.25) is 0 Å². The number of thiocarbonyl (C=S) groups is 1. The van der Waals surface area contributed by atoms with Crippen LogP contribution in [0.1, 0.15) is 23.6 Å². The minimum atomic E-state index is -0.122. The normalized spacial score (nSPS) is 15.5. The van der Waals surface area contributed by atoms with Crippen molar-refractivity contribution in [3.8, 4) is 11.5 Å². The molecule has 0 aliphatic carbocycles. The van der Waals surface area contributed by atoms with Crippen LogP contribution in [0.15, 0.2) is 39.7 Å². The molecular weight excluding hydrogens is 458 g/mol. The van der Waals surface area contributed by atoms with Crippen LogP contribution in [0.4, 0.5) is 5.69 Å². The lowest BCUT2D eigenvalue weighted by Crippen LogP contribution is -2.27. The molecule has 1 amide bonds. The number of ether oxygens (including phenoxy) is 2. The van der Waals surface area contributed by atoms with Crippen molar-refractivity contribution in [1.82, 2.24) is 0 Å². The summed E-state index contributed by atoms with van der Waals surface area (Å²) in [6.45, 7) is 6.49. The molecule has 1 saturated heterocycles. The first-order valence-corrected chi connectivity index (χ1v) is 10.7. The van der Waals surface area contributed by atoms with Crippen molar-refractivity contribution < 1.29 is 14.3 Å². The van der Waals surface area contributed by atoms with Crippen molar-refractivity contribution in [1.29, 1.82) is 0 Å². The third-order valence-corrected chi connectivity index (χ3v) is 6.27. The standard InChI is InChI=1S/C21H20BrNO3S2/c1-5-26-17-10-14(9-16(22)19(17)25-4)11-18-20(24)23(21(27)28-18)15-7-6-12(2)13(3)8-15/h6-11H,5H2,1-4H3/b18-11+. The lowest BCUT2D eigenvalue weighted by molar-refractivity contribution is -0.113. The fourth-order valence-corrected chi connectivity index (χ4v) is 4.76. The highest BCUT2D eigenvalue weighted by molar-refractivity contribution is 9.10. The van der Waals surface area contributed by atoms with Crippen LogP contribution in [0, 0.1) is 13.8 Å². The molecule has 0 aromatic heterocycles. The molecule has 1 aliphatic heterocycles. The van der Waals surface area contributed by atoms with Crippen molar-refractivity contribution in [3.05, 3.63) is 56.4 Å². The Balaban J connectivity index is 1.96. The summed E-state index contributed by atoms with van der Waals surface area (Å²) in [7, 11) is 1.59. The zero-order chi connectivity index (χ0) is 20.4. The predicted molar refractivity (Wildman–Crippen MR) is 123 cm³/mol. The van der Waals surface area contributed by atoms with E-state index in [1.54, 1.807) is 12.0 Å². The molecule has 4 nitrogen and oxygen atoms in total. The predicted octanol–water partition coefficient (Wildman–Crippen LogP) is 5.88. The monoisotopic (exact) mass is 477 g/mol. The number of nitrogens with zero attached hydrogens (tertiary/aromatic N) is 1. The molecule has 0 atom stereocenters. The lowest BCUT2D eigenvalue weighted by atomic mass is 10.1. The molecule has 0 saturated carbocycles. The van der Waals surface area contributed by atoms with Crippen molar-refractivity contribution in [2.24, 2.45) is 0 Å². The summed E-state index contributed by atoms with van der Waals surface area (Å²) in [4.78, 5) is 15.2. The Morgan fingerprint density at radius 3 is 2.61 bits per heavy atom. The van der Waals surface area contributed by atoms with Gasteiger partial charge in [-0.2, -0.15) is 0 Å². The first kappa shape index (κ1) is 20.9. The van der Waals surface area contributed by atoms with Crippen molar-refractivity contribution >= 4 is 61.9 Å². The van der Waals surface area contributed by atoms with Gasteiger partial charge in [0.15, 0.2) is 15.8 Å². The molecule has 7 heteroatoms. The number of hydrogen-bond donors (Lipinski definition) is 0. The third-order valence-electron chi connectivity index (χ3n) is 4.38. The molecule has 1 heterocycles. The molecule has 28 heavy (non-hydrogen) atoms. The Morgan fingerprint density at radius 2 is 1.96 bits per heavy atom. The average molecular weight is 478 g/mol. The van der Waals surface area contributed by atoms with Crippen LogP contribution in [0.25, 0.3) is 6.08 Å². The van der Waals surface area contributed by atoms with Gasteiger partial charge < -0.3 is 9.47 Å². The Hall–Kier alpha value is -1.83. The topological polar surface area (TPSA) is 38.8 Å². The first-order chi connectivity index (χ1) is 13.3. The van der Waals surface area contributed by atoms with Gasteiger partial charge in [0, 0.05) is 0 Å². The van der Waals surface area contributed by atoms with Gasteiger partial charge in [0.2, 0.25) is 0 Å². The molecule has 2 aromatic carbocycles. The third kappa shape index (κ3) is 4.11. The van der Waals surface area contributed by atoms with E-state index in [0.29, 0.717) is 27.3 Å². The average Bonchev–Trinajstić information content (AvgIpc) is 2.91. The lowest BCUT2D eigenvalue weighted by Gasteiger charge is -2.16. The van der Waals surface area contributed by atoms with E-state index in [1.807, 2.05) is 57.2 Å². The molecule has 0 N–H and O–H groups in total. The number of carbonyl (C=O) groups excluding carboxylic acids is 1. The summed E-state index contributed by atoms with van der Waals surface area (Å²) in [5.74, 6) is 1.13. The van der Waals surface area contributed by atoms with Crippen molar-refractivity contribution in [3.63, 3.8) is 0 Å². The summed E-state index contributed by atoms with van der Waals surface area (Å²) in [6, 6.07) is 9.66.